The molecular formula is C15H12ClF3N6O2. The fourth-order valence-electron chi connectivity index (χ4n) is 2.22. The number of nitrogens with two attached hydrogens (primary N) is 1. The molecule has 3 rings (SSSR count). The number of benzene rings is 1. The molecule has 0 saturated carbocycles. The Bertz CT molecular complexity index is 1000. The first kappa shape index (κ1) is 20.1. The van der Waals surface area contributed by atoms with Gasteiger partial charge in [-0.2, -0.15) is 18.3 Å². The second-order valence-corrected chi connectivity index (χ2v) is 5.18. The molecule has 27 heavy (non-hydrogen) atoms. The van der Waals surface area contributed by atoms with Gasteiger partial charge in [-0.05, 0) is 18.2 Å². The number of nitrogens with one attached hydrogen (secondary N) is 2. The van der Waals surface area contributed by atoms with Crippen molar-refractivity contribution in [3.8, 4) is 0 Å². The van der Waals surface area contributed by atoms with E-state index >= 15 is 0 Å². The van der Waals surface area contributed by atoms with E-state index in [4.69, 9.17) is 5.84 Å². The van der Waals surface area contributed by atoms with Gasteiger partial charge in [-0.15, -0.1) is 12.4 Å². The largest absolute Gasteiger partial charge is 0.416 e. The van der Waals surface area contributed by atoms with Crippen LogP contribution in [0.25, 0.3) is 5.65 Å². The molecule has 4 N–H and O–H groups in total. The molecule has 3 aromatic rings. The molecule has 2 amide bonds. The standard InChI is InChI=1S/C15H11F3N6O2.ClH/c16-15(17,18)9-3-1-2-8(4-9)13(25)22-10-5-20-12-11(14(26)23-19)6-21-24(12)7-10;/h1-7H,19H2,(H,22,25)(H,23,26);1H. The van der Waals surface area contributed by atoms with Gasteiger partial charge in [0.1, 0.15) is 5.56 Å². The summed E-state index contributed by atoms with van der Waals surface area (Å²) in [5.74, 6) is 3.72. The normalized spacial score (nSPS) is 11.0. The van der Waals surface area contributed by atoms with Crippen molar-refractivity contribution in [2.24, 2.45) is 5.84 Å². The van der Waals surface area contributed by atoms with Crippen LogP contribution < -0.4 is 16.6 Å². The molecule has 0 unspecified atom stereocenters. The number of nitrogen functional groups attached to an aromatic ring is 1. The molecule has 8 nitrogen and oxygen atoms in total. The van der Waals surface area contributed by atoms with E-state index in [0.29, 0.717) is 0 Å². The smallest absolute Gasteiger partial charge is 0.319 e. The Morgan fingerprint density at radius 3 is 2.56 bits per heavy atom. The average molecular weight is 401 g/mol. The summed E-state index contributed by atoms with van der Waals surface area (Å²) in [5.41, 5.74) is 1.37. The third-order valence-electron chi connectivity index (χ3n) is 3.44. The van der Waals surface area contributed by atoms with E-state index in [1.54, 1.807) is 0 Å². The highest BCUT2D eigenvalue weighted by molar-refractivity contribution is 6.04. The zero-order chi connectivity index (χ0) is 18.9. The van der Waals surface area contributed by atoms with Gasteiger partial charge in [0, 0.05) is 5.56 Å². The Morgan fingerprint density at radius 2 is 1.89 bits per heavy atom. The summed E-state index contributed by atoms with van der Waals surface area (Å²) in [4.78, 5) is 27.7. The lowest BCUT2D eigenvalue weighted by Gasteiger charge is -2.09. The first-order valence-corrected chi connectivity index (χ1v) is 7.12. The molecular weight excluding hydrogens is 389 g/mol. The Kier molecular flexibility index (Phi) is 5.66. The predicted molar refractivity (Wildman–Crippen MR) is 91.3 cm³/mol. The van der Waals surface area contributed by atoms with Crippen LogP contribution in [0.1, 0.15) is 26.3 Å². The number of hydrazine groups is 1. The van der Waals surface area contributed by atoms with E-state index in [0.717, 1.165) is 18.2 Å². The van der Waals surface area contributed by atoms with E-state index in [2.05, 4.69) is 15.4 Å². The molecule has 0 aliphatic carbocycles. The number of hydrogen-bond acceptors (Lipinski definition) is 5. The molecule has 2 heterocycles. The maximum atomic E-state index is 12.7. The summed E-state index contributed by atoms with van der Waals surface area (Å²) in [7, 11) is 0. The SMILES string of the molecule is Cl.NNC(=O)c1cnn2cc(NC(=O)c3cccc(C(F)(F)F)c3)cnc12. The van der Waals surface area contributed by atoms with Crippen LogP contribution >= 0.6 is 12.4 Å². The molecule has 0 fully saturated rings. The fraction of sp³-hybridized carbons (Fsp3) is 0.0667. The summed E-state index contributed by atoms with van der Waals surface area (Å²) < 4.78 is 39.4. The van der Waals surface area contributed by atoms with Crippen LogP contribution in [-0.4, -0.2) is 26.4 Å². The molecule has 0 saturated heterocycles. The molecule has 0 spiro atoms. The molecule has 2 aromatic heterocycles. The number of rotatable bonds is 3. The lowest BCUT2D eigenvalue weighted by Crippen LogP contribution is -2.29. The first-order valence-electron chi connectivity index (χ1n) is 7.12. The quantitative estimate of drug-likeness (QED) is 0.353. The Morgan fingerprint density at radius 1 is 1.15 bits per heavy atom. The van der Waals surface area contributed by atoms with Gasteiger partial charge in [-0.1, -0.05) is 6.07 Å². The van der Waals surface area contributed by atoms with E-state index in [1.807, 2.05) is 5.43 Å². The van der Waals surface area contributed by atoms with Gasteiger partial charge in [-0.25, -0.2) is 15.3 Å². The number of alkyl halides is 3. The van der Waals surface area contributed by atoms with Gasteiger partial charge >= 0.3 is 6.18 Å². The fourth-order valence-corrected chi connectivity index (χ4v) is 2.22. The molecule has 1 aromatic carbocycles. The molecule has 12 heteroatoms. The van der Waals surface area contributed by atoms with E-state index < -0.39 is 23.6 Å². The van der Waals surface area contributed by atoms with Crippen LogP contribution in [0.2, 0.25) is 0 Å². The molecule has 142 valence electrons. The number of carbonyl (C=O) groups is 2. The first-order chi connectivity index (χ1) is 12.3. The predicted octanol–water partition coefficient (Wildman–Crippen LogP) is 2.03. The zero-order valence-electron chi connectivity index (χ0n) is 13.3. The summed E-state index contributed by atoms with van der Waals surface area (Å²) in [6, 6.07) is 4.02. The third kappa shape index (κ3) is 4.15. The minimum absolute atomic E-state index is 0. The van der Waals surface area contributed by atoms with Crippen LogP contribution in [-0.2, 0) is 6.18 Å². The zero-order valence-corrected chi connectivity index (χ0v) is 14.1. The lowest BCUT2D eigenvalue weighted by atomic mass is 10.1. The minimum Gasteiger partial charge on any atom is -0.319 e. The topological polar surface area (TPSA) is 114 Å². The van der Waals surface area contributed by atoms with Crippen LogP contribution in [0.5, 0.6) is 0 Å². The van der Waals surface area contributed by atoms with E-state index in [9.17, 15) is 22.8 Å². The van der Waals surface area contributed by atoms with Crippen molar-refractivity contribution in [3.05, 3.63) is 59.5 Å². The maximum absolute atomic E-state index is 12.7. The number of anilines is 1. The highest BCUT2D eigenvalue weighted by atomic mass is 35.5. The summed E-state index contributed by atoms with van der Waals surface area (Å²) in [6.07, 6.45) is -0.703. The number of fused-ring (bicyclic) bond motifs is 1. The summed E-state index contributed by atoms with van der Waals surface area (Å²) in [6.45, 7) is 0. The summed E-state index contributed by atoms with van der Waals surface area (Å²) in [5, 5.41) is 6.34. The Labute approximate surface area is 155 Å². The monoisotopic (exact) mass is 400 g/mol. The third-order valence-corrected chi connectivity index (χ3v) is 3.44. The van der Waals surface area contributed by atoms with Gasteiger partial charge in [-0.3, -0.25) is 15.0 Å². The van der Waals surface area contributed by atoms with Crippen molar-refractivity contribution in [1.29, 1.82) is 0 Å². The van der Waals surface area contributed by atoms with E-state index in [1.165, 1.54) is 29.2 Å². The number of halogens is 4. The number of aromatic nitrogens is 3. The van der Waals surface area contributed by atoms with Gasteiger partial charge in [0.2, 0.25) is 0 Å². The van der Waals surface area contributed by atoms with Crippen molar-refractivity contribution in [3.63, 3.8) is 0 Å². The van der Waals surface area contributed by atoms with Crippen LogP contribution in [0, 0.1) is 0 Å². The minimum atomic E-state index is -4.55. The molecule has 0 aliphatic heterocycles. The highest BCUT2D eigenvalue weighted by Crippen LogP contribution is 2.29. The van der Waals surface area contributed by atoms with Gasteiger partial charge < -0.3 is 5.32 Å². The van der Waals surface area contributed by atoms with Gasteiger partial charge in [0.05, 0.1) is 29.8 Å². The number of amides is 2. The Hall–Kier alpha value is -3.18. The number of hydrogen-bond donors (Lipinski definition) is 3. The Balaban J connectivity index is 0.00000261. The second-order valence-electron chi connectivity index (χ2n) is 5.18. The lowest BCUT2D eigenvalue weighted by molar-refractivity contribution is -0.137. The van der Waals surface area contributed by atoms with Gasteiger partial charge in [0.25, 0.3) is 11.8 Å². The van der Waals surface area contributed by atoms with Crippen LogP contribution in [0.15, 0.2) is 42.9 Å². The molecule has 0 aliphatic rings. The van der Waals surface area contributed by atoms with Crippen LogP contribution in [0.3, 0.4) is 0 Å². The average Bonchev–Trinajstić information content (AvgIpc) is 3.03. The summed E-state index contributed by atoms with van der Waals surface area (Å²) >= 11 is 0. The molecule has 0 radical (unpaired) electrons. The van der Waals surface area contributed by atoms with Crippen molar-refractivity contribution in [1.82, 2.24) is 20.0 Å². The molecule has 0 bridgehead atoms. The van der Waals surface area contributed by atoms with E-state index in [-0.39, 0.29) is 34.9 Å². The van der Waals surface area contributed by atoms with Crippen molar-refractivity contribution >= 4 is 35.6 Å². The van der Waals surface area contributed by atoms with Crippen molar-refractivity contribution in [2.75, 3.05) is 5.32 Å². The number of carbonyl (C=O) groups excluding carboxylic acids is 2. The van der Waals surface area contributed by atoms with Gasteiger partial charge in [0.15, 0.2) is 5.65 Å². The number of nitrogens with zero attached hydrogens (tertiary/aromatic N) is 3. The second kappa shape index (κ2) is 7.60. The van der Waals surface area contributed by atoms with Crippen LogP contribution in [0.4, 0.5) is 18.9 Å². The molecule has 0 atom stereocenters. The highest BCUT2D eigenvalue weighted by Gasteiger charge is 2.30. The van der Waals surface area contributed by atoms with Crippen molar-refractivity contribution < 1.29 is 22.8 Å². The maximum Gasteiger partial charge on any atom is 0.416 e. The van der Waals surface area contributed by atoms with Crippen molar-refractivity contribution in [2.45, 2.75) is 6.18 Å².